The molecule has 0 aliphatic carbocycles. The highest BCUT2D eigenvalue weighted by molar-refractivity contribution is 6.30. The second-order valence-corrected chi connectivity index (χ2v) is 3.79. The fraction of sp³-hybridized carbons (Fsp3) is 0.333. The van der Waals surface area contributed by atoms with Gasteiger partial charge < -0.3 is 14.8 Å². The van der Waals surface area contributed by atoms with Crippen LogP contribution in [0.1, 0.15) is 6.92 Å². The number of benzene rings is 1. The molecule has 0 bridgehead atoms. The van der Waals surface area contributed by atoms with Crippen LogP contribution in [0.2, 0.25) is 5.02 Å². The van der Waals surface area contributed by atoms with E-state index in [2.05, 4.69) is 5.32 Å². The van der Waals surface area contributed by atoms with E-state index in [1.807, 2.05) is 0 Å². The number of nitrogens with one attached hydrogen (secondary N) is 1. The topological polar surface area (TPSA) is 64.6 Å². The van der Waals surface area contributed by atoms with E-state index >= 15 is 0 Å². The van der Waals surface area contributed by atoms with Crippen molar-refractivity contribution in [1.29, 1.82) is 0 Å². The summed E-state index contributed by atoms with van der Waals surface area (Å²) < 4.78 is 9.85. The van der Waals surface area contributed by atoms with Crippen molar-refractivity contribution in [3.8, 4) is 5.75 Å². The highest BCUT2D eigenvalue weighted by Gasteiger charge is 2.07. The van der Waals surface area contributed by atoms with Gasteiger partial charge in [-0.15, -0.1) is 0 Å². The number of ether oxygens (including phenoxy) is 2. The van der Waals surface area contributed by atoms with Gasteiger partial charge in [0.05, 0.1) is 0 Å². The average Bonchev–Trinajstić information content (AvgIpc) is 2.36. The van der Waals surface area contributed by atoms with Crippen molar-refractivity contribution in [1.82, 2.24) is 5.32 Å². The van der Waals surface area contributed by atoms with Crippen molar-refractivity contribution < 1.29 is 19.1 Å². The Bertz CT molecular complexity index is 405. The summed E-state index contributed by atoms with van der Waals surface area (Å²) in [5.74, 6) is -0.428. The molecule has 0 heterocycles. The first-order valence-electron chi connectivity index (χ1n) is 5.42. The van der Waals surface area contributed by atoms with Crippen LogP contribution in [0.25, 0.3) is 0 Å². The molecule has 1 amide bonds. The van der Waals surface area contributed by atoms with Crippen LogP contribution in [0.3, 0.4) is 0 Å². The van der Waals surface area contributed by atoms with Gasteiger partial charge in [0.15, 0.2) is 13.2 Å². The van der Waals surface area contributed by atoms with Crippen molar-refractivity contribution in [3.63, 3.8) is 0 Å². The zero-order valence-electron chi connectivity index (χ0n) is 9.94. The normalized spacial score (nSPS) is 9.67. The summed E-state index contributed by atoms with van der Waals surface area (Å²) in [6.07, 6.45) is 0. The molecule has 18 heavy (non-hydrogen) atoms. The first-order chi connectivity index (χ1) is 8.61. The Morgan fingerprint density at radius 1 is 1.22 bits per heavy atom. The summed E-state index contributed by atoms with van der Waals surface area (Å²) in [6.45, 7) is 1.73. The number of hydrogen-bond donors (Lipinski definition) is 1. The first kappa shape index (κ1) is 14.3. The fourth-order valence-corrected chi connectivity index (χ4v) is 1.23. The minimum atomic E-state index is -0.601. The predicted molar refractivity (Wildman–Crippen MR) is 66.6 cm³/mol. The molecule has 5 nitrogen and oxygen atoms in total. The Labute approximate surface area is 110 Å². The van der Waals surface area contributed by atoms with Gasteiger partial charge in [0.2, 0.25) is 0 Å². The summed E-state index contributed by atoms with van der Waals surface area (Å²) >= 11 is 5.70. The molecule has 6 heteroatoms. The Kier molecular flexibility index (Phi) is 6.00. The lowest BCUT2D eigenvalue weighted by Crippen LogP contribution is -2.29. The van der Waals surface area contributed by atoms with E-state index in [1.54, 1.807) is 31.2 Å². The highest BCUT2D eigenvalue weighted by atomic mass is 35.5. The summed E-state index contributed by atoms with van der Waals surface area (Å²) in [5, 5.41) is 3.09. The quantitative estimate of drug-likeness (QED) is 0.795. The van der Waals surface area contributed by atoms with Gasteiger partial charge in [0, 0.05) is 11.6 Å². The van der Waals surface area contributed by atoms with Crippen LogP contribution in [-0.2, 0) is 14.3 Å². The molecule has 0 saturated heterocycles. The van der Waals surface area contributed by atoms with Gasteiger partial charge in [0.25, 0.3) is 5.91 Å². The molecule has 1 N–H and O–H groups in total. The van der Waals surface area contributed by atoms with Crippen LogP contribution >= 0.6 is 11.6 Å². The summed E-state index contributed by atoms with van der Waals surface area (Å²) in [5.41, 5.74) is 0. The monoisotopic (exact) mass is 271 g/mol. The van der Waals surface area contributed by atoms with E-state index in [9.17, 15) is 9.59 Å². The highest BCUT2D eigenvalue weighted by Crippen LogP contribution is 2.15. The third kappa shape index (κ3) is 5.54. The van der Waals surface area contributed by atoms with Crippen molar-refractivity contribution >= 4 is 23.5 Å². The molecule has 0 spiro atoms. The third-order valence-corrected chi connectivity index (χ3v) is 2.16. The third-order valence-electron chi connectivity index (χ3n) is 1.91. The smallest absolute Gasteiger partial charge is 0.344 e. The summed E-state index contributed by atoms with van der Waals surface area (Å²) in [6, 6.07) is 6.58. The molecule has 0 aromatic heterocycles. The fourth-order valence-electron chi connectivity index (χ4n) is 1.11. The maximum absolute atomic E-state index is 11.2. The van der Waals surface area contributed by atoms with Crippen LogP contribution in [0, 0.1) is 0 Å². The average molecular weight is 272 g/mol. The molecule has 0 fully saturated rings. The van der Waals surface area contributed by atoms with E-state index in [1.165, 1.54) is 0 Å². The van der Waals surface area contributed by atoms with E-state index < -0.39 is 5.97 Å². The second-order valence-electron chi connectivity index (χ2n) is 3.36. The van der Waals surface area contributed by atoms with E-state index in [0.717, 1.165) is 0 Å². The van der Waals surface area contributed by atoms with Crippen LogP contribution in [0.5, 0.6) is 5.75 Å². The second kappa shape index (κ2) is 7.55. The van der Waals surface area contributed by atoms with Gasteiger partial charge in [-0.3, -0.25) is 4.79 Å². The maximum Gasteiger partial charge on any atom is 0.344 e. The SMILES string of the molecule is CCNC(=O)COC(=O)COc1ccc(Cl)cc1. The minimum absolute atomic E-state index is 0.249. The zero-order valence-corrected chi connectivity index (χ0v) is 10.7. The van der Waals surface area contributed by atoms with Crippen molar-refractivity contribution in [2.75, 3.05) is 19.8 Å². The van der Waals surface area contributed by atoms with Gasteiger partial charge in [-0.1, -0.05) is 11.6 Å². The van der Waals surface area contributed by atoms with Crippen LogP contribution < -0.4 is 10.1 Å². The van der Waals surface area contributed by atoms with Gasteiger partial charge in [-0.2, -0.15) is 0 Å². The molecule has 0 aliphatic rings. The molecule has 0 aliphatic heterocycles. The van der Waals surface area contributed by atoms with Gasteiger partial charge in [-0.05, 0) is 31.2 Å². The number of carbonyl (C=O) groups excluding carboxylic acids is 2. The molecule has 0 radical (unpaired) electrons. The number of carbonyl (C=O) groups is 2. The van der Waals surface area contributed by atoms with Crippen molar-refractivity contribution in [3.05, 3.63) is 29.3 Å². The molecular formula is C12H14ClNO4. The Morgan fingerprint density at radius 3 is 2.50 bits per heavy atom. The van der Waals surface area contributed by atoms with Crippen molar-refractivity contribution in [2.45, 2.75) is 6.92 Å². The number of hydrogen-bond acceptors (Lipinski definition) is 4. The van der Waals surface area contributed by atoms with Gasteiger partial charge in [-0.25, -0.2) is 4.79 Å². The van der Waals surface area contributed by atoms with Crippen LogP contribution in [-0.4, -0.2) is 31.6 Å². The number of rotatable bonds is 6. The number of halogens is 1. The molecule has 98 valence electrons. The number of likely N-dealkylation sites (N-methyl/N-ethyl adjacent to an activating group) is 1. The largest absolute Gasteiger partial charge is 0.482 e. The van der Waals surface area contributed by atoms with E-state index in [-0.39, 0.29) is 19.1 Å². The van der Waals surface area contributed by atoms with Crippen LogP contribution in [0.15, 0.2) is 24.3 Å². The lowest BCUT2D eigenvalue weighted by molar-refractivity contribution is -0.150. The molecule has 1 rings (SSSR count). The maximum atomic E-state index is 11.2. The minimum Gasteiger partial charge on any atom is -0.482 e. The molecule has 0 atom stereocenters. The van der Waals surface area contributed by atoms with Crippen molar-refractivity contribution in [2.24, 2.45) is 0 Å². The molecule has 1 aromatic rings. The summed E-state index contributed by atoms with van der Waals surface area (Å²) in [4.78, 5) is 22.3. The molecule has 0 saturated carbocycles. The summed E-state index contributed by atoms with van der Waals surface area (Å²) in [7, 11) is 0. The zero-order chi connectivity index (χ0) is 13.4. The van der Waals surface area contributed by atoms with Gasteiger partial charge in [0.1, 0.15) is 5.75 Å². The lowest BCUT2D eigenvalue weighted by atomic mass is 10.3. The van der Waals surface area contributed by atoms with Crippen LogP contribution in [0.4, 0.5) is 0 Å². The number of amides is 1. The molecule has 1 aromatic carbocycles. The van der Waals surface area contributed by atoms with Gasteiger partial charge >= 0.3 is 5.97 Å². The molecular weight excluding hydrogens is 258 g/mol. The Morgan fingerprint density at radius 2 is 1.89 bits per heavy atom. The lowest BCUT2D eigenvalue weighted by Gasteiger charge is -2.07. The van der Waals surface area contributed by atoms with E-state index in [4.69, 9.17) is 21.1 Å². The molecule has 0 unspecified atom stereocenters. The predicted octanol–water partition coefficient (Wildman–Crippen LogP) is 1.40. The first-order valence-corrected chi connectivity index (χ1v) is 5.80. The number of esters is 1. The Hall–Kier alpha value is -1.75. The van der Waals surface area contributed by atoms with E-state index in [0.29, 0.717) is 17.3 Å². The standard InChI is InChI=1S/C12H14ClNO4/c1-2-14-11(15)7-18-12(16)8-17-10-5-3-9(13)4-6-10/h3-6H,2,7-8H2,1H3,(H,14,15). The Balaban J connectivity index is 2.24.